The number of ether oxygens (including phenoxy) is 3. The fourth-order valence-electron chi connectivity index (χ4n) is 10.5. The molecule has 0 aliphatic rings. The molecule has 1 atom stereocenters. The van der Waals surface area contributed by atoms with Gasteiger partial charge in [-0.2, -0.15) is 0 Å². The van der Waals surface area contributed by atoms with E-state index in [9.17, 15) is 14.4 Å². The molecule has 6 heteroatoms. The molecule has 0 rings (SSSR count). The summed E-state index contributed by atoms with van der Waals surface area (Å²) in [6.45, 7) is 6.55. The lowest BCUT2D eigenvalue weighted by atomic mass is 10.0. The van der Waals surface area contributed by atoms with Crippen LogP contribution in [0.5, 0.6) is 0 Å². The Morgan fingerprint density at radius 1 is 0.253 bits per heavy atom. The first-order chi connectivity index (χ1) is 41.0. The van der Waals surface area contributed by atoms with Gasteiger partial charge in [-0.1, -0.05) is 337 Å². The maximum Gasteiger partial charge on any atom is 0.306 e. The summed E-state index contributed by atoms with van der Waals surface area (Å²) in [7, 11) is 0. The fraction of sp³-hybridized carbons (Fsp3) is 0.779. The minimum Gasteiger partial charge on any atom is -0.462 e. The van der Waals surface area contributed by atoms with Gasteiger partial charge < -0.3 is 14.2 Å². The predicted molar refractivity (Wildman–Crippen MR) is 362 cm³/mol. The SMILES string of the molecule is CC/C=C\C/C=C\C/C=C\C/C=C\C/C=C\C/C=C\CCCCCCC(=O)OC(COC(=O)CCCCCCC/C=C\CCCCCCCCC)COC(=O)CCCCCCCCCCCCCCCCCCCCCCCCCCCC. The molecule has 0 heterocycles. The van der Waals surface area contributed by atoms with Gasteiger partial charge >= 0.3 is 17.9 Å². The number of unbranched alkanes of at least 4 members (excludes halogenated alkanes) is 41. The van der Waals surface area contributed by atoms with Gasteiger partial charge in [0.1, 0.15) is 13.2 Å². The van der Waals surface area contributed by atoms with Crippen molar-refractivity contribution in [1.29, 1.82) is 0 Å². The summed E-state index contributed by atoms with van der Waals surface area (Å²) in [5, 5.41) is 0. The van der Waals surface area contributed by atoms with Crippen molar-refractivity contribution >= 4 is 17.9 Å². The van der Waals surface area contributed by atoms with Crippen LogP contribution < -0.4 is 0 Å². The first-order valence-corrected chi connectivity index (χ1v) is 36.1. The number of esters is 3. The van der Waals surface area contributed by atoms with Gasteiger partial charge in [0, 0.05) is 19.3 Å². The fourth-order valence-corrected chi connectivity index (χ4v) is 10.5. The molecule has 0 fully saturated rings. The Labute approximate surface area is 515 Å². The molecule has 0 saturated carbocycles. The monoisotopic (exact) mass is 1160 g/mol. The minimum atomic E-state index is -0.795. The Morgan fingerprint density at radius 2 is 0.470 bits per heavy atom. The van der Waals surface area contributed by atoms with Gasteiger partial charge in [0.05, 0.1) is 0 Å². The molecule has 0 saturated heterocycles. The minimum absolute atomic E-state index is 0.0865. The topological polar surface area (TPSA) is 78.9 Å². The summed E-state index contributed by atoms with van der Waals surface area (Å²) in [6, 6.07) is 0. The molecule has 83 heavy (non-hydrogen) atoms. The van der Waals surface area contributed by atoms with Crippen LogP contribution >= 0.6 is 0 Å². The molecule has 0 bridgehead atoms. The second kappa shape index (κ2) is 71.1. The molecular formula is C77H136O6. The highest BCUT2D eigenvalue weighted by Crippen LogP contribution is 2.18. The zero-order chi connectivity index (χ0) is 59.9. The Bertz CT molecular complexity index is 1570. The number of rotatable bonds is 66. The van der Waals surface area contributed by atoms with Gasteiger partial charge in [-0.3, -0.25) is 14.4 Å². The molecule has 6 nitrogen and oxygen atoms in total. The van der Waals surface area contributed by atoms with E-state index in [1.165, 1.54) is 212 Å². The van der Waals surface area contributed by atoms with Crippen molar-refractivity contribution in [3.63, 3.8) is 0 Å². The normalized spacial score (nSPS) is 12.6. The van der Waals surface area contributed by atoms with E-state index in [2.05, 4.69) is 106 Å². The van der Waals surface area contributed by atoms with E-state index in [4.69, 9.17) is 14.2 Å². The molecule has 0 spiro atoms. The van der Waals surface area contributed by atoms with E-state index >= 15 is 0 Å². The molecule has 0 aromatic rings. The molecule has 1 unspecified atom stereocenters. The van der Waals surface area contributed by atoms with Crippen molar-refractivity contribution in [2.75, 3.05) is 13.2 Å². The van der Waals surface area contributed by atoms with E-state index < -0.39 is 6.10 Å². The van der Waals surface area contributed by atoms with Crippen LogP contribution in [0.1, 0.15) is 367 Å². The number of carbonyl (C=O) groups excluding carboxylic acids is 3. The highest BCUT2D eigenvalue weighted by atomic mass is 16.6. The second-order valence-corrected chi connectivity index (χ2v) is 24.1. The third-order valence-corrected chi connectivity index (χ3v) is 15.9. The Morgan fingerprint density at radius 3 is 0.747 bits per heavy atom. The van der Waals surface area contributed by atoms with Crippen LogP contribution in [0.4, 0.5) is 0 Å². The molecule has 0 radical (unpaired) electrons. The summed E-state index contributed by atoms with van der Waals surface area (Å²) in [5.74, 6) is -0.900. The third-order valence-electron chi connectivity index (χ3n) is 15.9. The van der Waals surface area contributed by atoms with Gasteiger partial charge in [-0.25, -0.2) is 0 Å². The molecule has 0 amide bonds. The zero-order valence-corrected chi connectivity index (χ0v) is 55.2. The molecule has 0 aromatic carbocycles. The van der Waals surface area contributed by atoms with Crippen molar-refractivity contribution < 1.29 is 28.6 Å². The van der Waals surface area contributed by atoms with Gasteiger partial charge in [0.25, 0.3) is 0 Å². The second-order valence-electron chi connectivity index (χ2n) is 24.1. The lowest BCUT2D eigenvalue weighted by Crippen LogP contribution is -2.30. The van der Waals surface area contributed by atoms with Crippen molar-refractivity contribution in [2.24, 2.45) is 0 Å². The molecule has 0 N–H and O–H groups in total. The van der Waals surface area contributed by atoms with Crippen molar-refractivity contribution in [1.82, 2.24) is 0 Å². The predicted octanol–water partition coefficient (Wildman–Crippen LogP) is 25.0. The van der Waals surface area contributed by atoms with E-state index in [0.29, 0.717) is 19.3 Å². The summed E-state index contributed by atoms with van der Waals surface area (Å²) in [6.07, 6.45) is 94.7. The van der Waals surface area contributed by atoms with Crippen LogP contribution in [0.3, 0.4) is 0 Å². The number of allylic oxidation sites excluding steroid dienone is 14. The lowest BCUT2D eigenvalue weighted by molar-refractivity contribution is -0.167. The Hall–Kier alpha value is -3.41. The number of hydrogen-bond acceptors (Lipinski definition) is 6. The quantitative estimate of drug-likeness (QED) is 0.0261. The van der Waals surface area contributed by atoms with E-state index in [0.717, 1.165) is 116 Å². The standard InChI is InChI=1S/C77H136O6/c1-4-7-10-13-16-19-22-25-28-31-33-35-37-38-39-41-42-44-46-49-52-55-58-61-64-67-70-76(79)82-73-74(72-81-75(78)69-66-63-60-57-54-51-48-30-27-24-21-18-15-12-9-6-3)83-77(80)71-68-65-62-59-56-53-50-47-45-43-40-36-34-32-29-26-23-20-17-14-11-8-5-2/h8,11,17,20,26,29-30,34,36,43,45,48,50,53,74H,4-7,9-10,12-16,18-19,21-25,27-28,31-33,35,37-42,44,46-47,49,51-52,54-73H2,1-3H3/b11-8-,20-17-,29-26-,36-34-,45-43-,48-30-,53-50-. The average Bonchev–Trinajstić information content (AvgIpc) is 3.50. The first-order valence-electron chi connectivity index (χ1n) is 36.1. The van der Waals surface area contributed by atoms with Gasteiger partial charge in [-0.05, 0) is 96.3 Å². The van der Waals surface area contributed by atoms with Crippen LogP contribution in [0.25, 0.3) is 0 Å². The maximum absolute atomic E-state index is 13.0. The van der Waals surface area contributed by atoms with Crippen molar-refractivity contribution in [3.8, 4) is 0 Å². The summed E-state index contributed by atoms with van der Waals surface area (Å²) < 4.78 is 17.0. The number of carbonyl (C=O) groups is 3. The smallest absolute Gasteiger partial charge is 0.306 e. The Balaban J connectivity index is 4.35. The van der Waals surface area contributed by atoms with Crippen LogP contribution in [-0.4, -0.2) is 37.2 Å². The molecule has 0 aliphatic carbocycles. The van der Waals surface area contributed by atoms with Crippen LogP contribution in [0, 0.1) is 0 Å². The molecule has 480 valence electrons. The summed E-state index contributed by atoms with van der Waals surface area (Å²) in [4.78, 5) is 38.5. The zero-order valence-electron chi connectivity index (χ0n) is 55.2. The van der Waals surface area contributed by atoms with Crippen molar-refractivity contribution in [3.05, 3.63) is 85.1 Å². The van der Waals surface area contributed by atoms with Crippen molar-refractivity contribution in [2.45, 2.75) is 374 Å². The highest BCUT2D eigenvalue weighted by molar-refractivity contribution is 5.71. The number of hydrogen-bond donors (Lipinski definition) is 0. The van der Waals surface area contributed by atoms with E-state index in [1.807, 2.05) is 0 Å². The largest absolute Gasteiger partial charge is 0.462 e. The van der Waals surface area contributed by atoms with Crippen LogP contribution in [0.15, 0.2) is 85.1 Å². The summed E-state index contributed by atoms with van der Waals surface area (Å²) in [5.41, 5.74) is 0. The van der Waals surface area contributed by atoms with Crippen LogP contribution in [-0.2, 0) is 28.6 Å². The first kappa shape index (κ1) is 79.6. The van der Waals surface area contributed by atoms with E-state index in [-0.39, 0.29) is 31.1 Å². The third kappa shape index (κ3) is 69.3. The average molecular weight is 1160 g/mol. The van der Waals surface area contributed by atoms with Gasteiger partial charge in [-0.15, -0.1) is 0 Å². The van der Waals surface area contributed by atoms with E-state index in [1.54, 1.807) is 0 Å². The highest BCUT2D eigenvalue weighted by Gasteiger charge is 2.19. The molecule has 0 aromatic heterocycles. The Kier molecular flexibility index (Phi) is 68.2. The van der Waals surface area contributed by atoms with Gasteiger partial charge in [0.2, 0.25) is 0 Å². The lowest BCUT2D eigenvalue weighted by Gasteiger charge is -2.18. The van der Waals surface area contributed by atoms with Crippen LogP contribution in [0.2, 0.25) is 0 Å². The molecular weight excluding hydrogens is 1020 g/mol. The molecule has 0 aliphatic heterocycles. The van der Waals surface area contributed by atoms with Gasteiger partial charge in [0.15, 0.2) is 6.10 Å². The maximum atomic E-state index is 13.0. The summed E-state index contributed by atoms with van der Waals surface area (Å²) >= 11 is 0.